The van der Waals surface area contributed by atoms with Crippen LogP contribution < -0.4 is 21.3 Å². The monoisotopic (exact) mass is 366 g/mol. The Morgan fingerprint density at radius 2 is 1.74 bits per heavy atom. The fourth-order valence-corrected chi connectivity index (χ4v) is 2.64. The molecule has 1 aliphatic heterocycles. The highest BCUT2D eigenvalue weighted by Crippen LogP contribution is 2.24. The molecule has 8 heteroatoms. The first kappa shape index (κ1) is 18.1. The maximum absolute atomic E-state index is 12.4. The molecule has 0 aliphatic carbocycles. The van der Waals surface area contributed by atoms with E-state index >= 15 is 0 Å². The zero-order chi connectivity index (χ0) is 19.4. The van der Waals surface area contributed by atoms with Crippen molar-refractivity contribution in [2.45, 2.75) is 19.4 Å². The van der Waals surface area contributed by atoms with E-state index in [-0.39, 0.29) is 12.3 Å². The van der Waals surface area contributed by atoms with Crippen LogP contribution in [0.25, 0.3) is 0 Å². The number of amides is 5. The summed E-state index contributed by atoms with van der Waals surface area (Å²) in [5.41, 5.74) is 2.22. The summed E-state index contributed by atoms with van der Waals surface area (Å²) in [6, 6.07) is 12.4. The summed E-state index contributed by atoms with van der Waals surface area (Å²) in [4.78, 5) is 47.4. The molecular formula is C19H18N4O4. The van der Waals surface area contributed by atoms with Gasteiger partial charge in [0, 0.05) is 5.56 Å². The highest BCUT2D eigenvalue weighted by molar-refractivity contribution is 6.09. The van der Waals surface area contributed by atoms with E-state index < -0.39 is 23.9 Å². The number of carbonyl (C=O) groups excluding carboxylic acids is 4. The van der Waals surface area contributed by atoms with E-state index in [0.717, 1.165) is 5.56 Å². The third-order valence-corrected chi connectivity index (χ3v) is 3.98. The third kappa shape index (κ3) is 4.49. The van der Waals surface area contributed by atoms with Crippen LogP contribution in [0.5, 0.6) is 0 Å². The molecule has 1 atom stereocenters. The van der Waals surface area contributed by atoms with Crippen molar-refractivity contribution < 1.29 is 19.2 Å². The predicted octanol–water partition coefficient (Wildman–Crippen LogP) is 1.78. The lowest BCUT2D eigenvalue weighted by molar-refractivity contribution is -0.124. The predicted molar refractivity (Wildman–Crippen MR) is 99.3 cm³/mol. The van der Waals surface area contributed by atoms with E-state index in [1.165, 1.54) is 0 Å². The molecule has 8 nitrogen and oxygen atoms in total. The average Bonchev–Trinajstić information content (AvgIpc) is 2.95. The number of anilines is 2. The van der Waals surface area contributed by atoms with Gasteiger partial charge in [0.25, 0.3) is 11.8 Å². The first-order valence-corrected chi connectivity index (χ1v) is 8.30. The maximum atomic E-state index is 12.4. The third-order valence-electron chi connectivity index (χ3n) is 3.98. The lowest BCUT2D eigenvalue weighted by Gasteiger charge is -2.14. The second kappa shape index (κ2) is 7.69. The van der Waals surface area contributed by atoms with Gasteiger partial charge >= 0.3 is 6.03 Å². The van der Waals surface area contributed by atoms with Crippen LogP contribution in [-0.4, -0.2) is 29.8 Å². The number of urea groups is 1. The molecule has 0 spiro atoms. The largest absolute Gasteiger partial charge is 0.325 e. The zero-order valence-corrected chi connectivity index (χ0v) is 14.5. The summed E-state index contributed by atoms with van der Waals surface area (Å²) >= 11 is 0. The Labute approximate surface area is 155 Å². The van der Waals surface area contributed by atoms with Gasteiger partial charge < -0.3 is 16.0 Å². The number of hydrogen-bond donors (Lipinski definition) is 4. The Bertz CT molecular complexity index is 911. The number of benzene rings is 2. The number of aryl methyl sites for hydroxylation is 1. The summed E-state index contributed by atoms with van der Waals surface area (Å²) in [5.74, 6) is -1.31. The number of nitrogens with one attached hydrogen (secondary N) is 4. The van der Waals surface area contributed by atoms with Crippen molar-refractivity contribution in [2.75, 3.05) is 10.6 Å². The van der Waals surface area contributed by atoms with E-state index in [4.69, 9.17) is 0 Å². The second-order valence-electron chi connectivity index (χ2n) is 6.14. The summed E-state index contributed by atoms with van der Waals surface area (Å²) < 4.78 is 0. The van der Waals surface area contributed by atoms with Crippen LogP contribution in [0.15, 0.2) is 48.5 Å². The number of carbonyl (C=O) groups is 4. The van der Waals surface area contributed by atoms with Gasteiger partial charge in [0.15, 0.2) is 0 Å². The van der Waals surface area contributed by atoms with E-state index in [9.17, 15) is 19.2 Å². The van der Waals surface area contributed by atoms with Crippen LogP contribution in [0.2, 0.25) is 0 Å². The minimum absolute atomic E-state index is 0.211. The van der Waals surface area contributed by atoms with E-state index in [0.29, 0.717) is 16.9 Å². The molecule has 4 N–H and O–H groups in total. The molecule has 2 aromatic rings. The summed E-state index contributed by atoms with van der Waals surface area (Å²) in [6.07, 6.45) is -0.211. The van der Waals surface area contributed by atoms with Gasteiger partial charge in [-0.15, -0.1) is 0 Å². The maximum Gasteiger partial charge on any atom is 0.322 e. The topological polar surface area (TPSA) is 116 Å². The zero-order valence-electron chi connectivity index (χ0n) is 14.5. The van der Waals surface area contributed by atoms with Gasteiger partial charge in [-0.25, -0.2) is 4.79 Å². The van der Waals surface area contributed by atoms with Gasteiger partial charge in [-0.05, 0) is 36.8 Å². The summed E-state index contributed by atoms with van der Waals surface area (Å²) in [6.45, 7) is 1.85. The minimum Gasteiger partial charge on any atom is -0.325 e. The van der Waals surface area contributed by atoms with Gasteiger partial charge in [0.2, 0.25) is 5.91 Å². The molecule has 0 bridgehead atoms. The van der Waals surface area contributed by atoms with E-state index in [1.54, 1.807) is 42.5 Å². The number of imide groups is 1. The van der Waals surface area contributed by atoms with Gasteiger partial charge in [-0.3, -0.25) is 19.7 Å². The highest BCUT2D eigenvalue weighted by atomic mass is 16.2. The normalized spacial score (nSPS) is 15.7. The number of hydrogen-bond acceptors (Lipinski definition) is 4. The number of rotatable bonds is 5. The minimum atomic E-state index is -0.912. The molecule has 1 heterocycles. The summed E-state index contributed by atoms with van der Waals surface area (Å²) in [5, 5.41) is 9.90. The first-order valence-electron chi connectivity index (χ1n) is 8.30. The molecule has 138 valence electrons. The van der Waals surface area contributed by atoms with Crippen molar-refractivity contribution in [2.24, 2.45) is 0 Å². The van der Waals surface area contributed by atoms with Crippen LogP contribution in [0.3, 0.4) is 0 Å². The molecule has 2 aromatic carbocycles. The Balaban J connectivity index is 1.72. The lowest BCUT2D eigenvalue weighted by atomic mass is 10.1. The molecule has 1 saturated heterocycles. The SMILES string of the molecule is Cc1ccc(NC(=O)c2ccccc2)c(NC(=O)C[C@@H]2NC(=O)NC2=O)c1. The molecule has 5 amide bonds. The smallest absolute Gasteiger partial charge is 0.322 e. The average molecular weight is 366 g/mol. The standard InChI is InChI=1S/C19H18N4O4/c1-11-7-8-13(21-17(25)12-5-3-2-4-6-12)14(9-11)20-16(24)10-15-18(26)23-19(27)22-15/h2-9,15H,10H2,1H3,(H,20,24)(H,21,25)(H2,22,23,26,27)/t15-/m0/s1. The highest BCUT2D eigenvalue weighted by Gasteiger charge is 2.31. The van der Waals surface area contributed by atoms with Crippen molar-refractivity contribution in [1.82, 2.24) is 10.6 Å². The van der Waals surface area contributed by atoms with Crippen molar-refractivity contribution in [3.8, 4) is 0 Å². The Kier molecular flexibility index (Phi) is 5.16. The molecule has 1 fully saturated rings. The van der Waals surface area contributed by atoms with Gasteiger partial charge in [-0.2, -0.15) is 0 Å². The van der Waals surface area contributed by atoms with Crippen molar-refractivity contribution >= 4 is 35.1 Å². The quantitative estimate of drug-likeness (QED) is 0.604. The molecule has 0 aromatic heterocycles. The fraction of sp³-hybridized carbons (Fsp3) is 0.158. The van der Waals surface area contributed by atoms with Crippen LogP contribution in [0, 0.1) is 6.92 Å². The lowest BCUT2D eigenvalue weighted by Crippen LogP contribution is -2.33. The van der Waals surface area contributed by atoms with Gasteiger partial charge in [0.05, 0.1) is 17.8 Å². The fourth-order valence-electron chi connectivity index (χ4n) is 2.64. The Morgan fingerprint density at radius 1 is 1.00 bits per heavy atom. The van der Waals surface area contributed by atoms with Crippen molar-refractivity contribution in [3.05, 3.63) is 59.7 Å². The van der Waals surface area contributed by atoms with E-state index in [2.05, 4.69) is 21.3 Å². The van der Waals surface area contributed by atoms with Crippen LogP contribution in [-0.2, 0) is 9.59 Å². The van der Waals surface area contributed by atoms with Gasteiger partial charge in [0.1, 0.15) is 6.04 Å². The summed E-state index contributed by atoms with van der Waals surface area (Å²) in [7, 11) is 0. The Morgan fingerprint density at radius 3 is 2.41 bits per heavy atom. The molecule has 0 radical (unpaired) electrons. The molecule has 0 unspecified atom stereocenters. The molecule has 0 saturated carbocycles. The molecule has 3 rings (SSSR count). The second-order valence-corrected chi connectivity index (χ2v) is 6.14. The Hall–Kier alpha value is -3.68. The molecular weight excluding hydrogens is 348 g/mol. The first-order chi connectivity index (χ1) is 12.9. The van der Waals surface area contributed by atoms with E-state index in [1.807, 2.05) is 13.0 Å². The molecule has 1 aliphatic rings. The van der Waals surface area contributed by atoms with Crippen LogP contribution >= 0.6 is 0 Å². The van der Waals surface area contributed by atoms with Crippen molar-refractivity contribution in [1.29, 1.82) is 0 Å². The van der Waals surface area contributed by atoms with Crippen LogP contribution in [0.1, 0.15) is 22.3 Å². The van der Waals surface area contributed by atoms with Crippen LogP contribution in [0.4, 0.5) is 16.2 Å². The van der Waals surface area contributed by atoms with Crippen molar-refractivity contribution in [3.63, 3.8) is 0 Å². The molecule has 27 heavy (non-hydrogen) atoms. The van der Waals surface area contributed by atoms with Gasteiger partial charge in [-0.1, -0.05) is 24.3 Å².